The Bertz CT molecular complexity index is 1200. The summed E-state index contributed by atoms with van der Waals surface area (Å²) in [6.07, 6.45) is 2.12. The number of nitrogens with zero attached hydrogens (tertiary/aromatic N) is 3. The molecule has 1 atom stereocenters. The molecular weight excluding hydrogens is 369 g/mol. The highest BCUT2D eigenvalue weighted by Gasteiger charge is 2.30. The smallest absolute Gasteiger partial charge is 0.159 e. The van der Waals surface area contributed by atoms with Crippen molar-refractivity contribution in [3.8, 4) is 11.5 Å². The highest BCUT2D eigenvalue weighted by atomic mass is 19.1. The van der Waals surface area contributed by atoms with Crippen LogP contribution in [-0.2, 0) is 4.74 Å². The van der Waals surface area contributed by atoms with Crippen LogP contribution in [0.4, 0.5) is 10.2 Å². The van der Waals surface area contributed by atoms with Gasteiger partial charge in [0.25, 0.3) is 0 Å². The molecule has 148 valence electrons. The Morgan fingerprint density at radius 2 is 2.10 bits per heavy atom. The summed E-state index contributed by atoms with van der Waals surface area (Å²) in [5, 5.41) is 0.715. The molecule has 29 heavy (non-hydrogen) atoms. The topological polar surface area (TPSA) is 51.4 Å². The SMILES string of the molecule is COC[C@H]1CCCN1c1nc2c(C)cccc2nc1-c1cc2cc(F)ccc2o1. The minimum atomic E-state index is -0.287. The number of hydrogen-bond donors (Lipinski definition) is 0. The van der Waals surface area contributed by atoms with Crippen LogP contribution in [0.3, 0.4) is 0 Å². The summed E-state index contributed by atoms with van der Waals surface area (Å²) in [4.78, 5) is 12.2. The largest absolute Gasteiger partial charge is 0.454 e. The van der Waals surface area contributed by atoms with Crippen LogP contribution >= 0.6 is 0 Å². The van der Waals surface area contributed by atoms with Crippen molar-refractivity contribution in [1.82, 2.24) is 9.97 Å². The second-order valence-corrected chi connectivity index (χ2v) is 7.58. The van der Waals surface area contributed by atoms with Crippen LogP contribution in [0.2, 0.25) is 0 Å². The summed E-state index contributed by atoms with van der Waals surface area (Å²) >= 11 is 0. The number of para-hydroxylation sites is 1. The predicted molar refractivity (Wildman–Crippen MR) is 112 cm³/mol. The second kappa shape index (κ2) is 7.12. The van der Waals surface area contributed by atoms with Crippen molar-refractivity contribution in [1.29, 1.82) is 0 Å². The zero-order valence-electron chi connectivity index (χ0n) is 16.5. The van der Waals surface area contributed by atoms with Gasteiger partial charge in [-0.2, -0.15) is 0 Å². The van der Waals surface area contributed by atoms with Crippen molar-refractivity contribution in [2.75, 3.05) is 25.2 Å². The van der Waals surface area contributed by atoms with Crippen LogP contribution in [0.5, 0.6) is 0 Å². The van der Waals surface area contributed by atoms with Gasteiger partial charge in [-0.1, -0.05) is 12.1 Å². The van der Waals surface area contributed by atoms with Crippen LogP contribution in [0.25, 0.3) is 33.5 Å². The number of aryl methyl sites for hydroxylation is 1. The molecule has 0 bridgehead atoms. The van der Waals surface area contributed by atoms with Crippen molar-refractivity contribution < 1.29 is 13.5 Å². The van der Waals surface area contributed by atoms with E-state index in [0.29, 0.717) is 29.0 Å². The molecule has 0 N–H and O–H groups in total. The van der Waals surface area contributed by atoms with E-state index in [-0.39, 0.29) is 11.9 Å². The minimum absolute atomic E-state index is 0.247. The number of hydrogen-bond acceptors (Lipinski definition) is 5. The molecule has 1 aliphatic rings. The Balaban J connectivity index is 1.73. The van der Waals surface area contributed by atoms with Gasteiger partial charge < -0.3 is 14.1 Å². The number of methoxy groups -OCH3 is 1. The first-order valence-electron chi connectivity index (χ1n) is 9.86. The van der Waals surface area contributed by atoms with E-state index in [0.717, 1.165) is 41.8 Å². The summed E-state index contributed by atoms with van der Waals surface area (Å²) in [6, 6.07) is 12.6. The van der Waals surface area contributed by atoms with E-state index in [1.807, 2.05) is 31.2 Å². The number of anilines is 1. The van der Waals surface area contributed by atoms with Gasteiger partial charge in [0, 0.05) is 19.0 Å². The van der Waals surface area contributed by atoms with Crippen LogP contribution < -0.4 is 4.90 Å². The summed E-state index contributed by atoms with van der Waals surface area (Å²) in [5.74, 6) is 1.11. The lowest BCUT2D eigenvalue weighted by molar-refractivity contribution is 0.180. The van der Waals surface area contributed by atoms with E-state index in [9.17, 15) is 4.39 Å². The molecule has 2 aromatic carbocycles. The van der Waals surface area contributed by atoms with Crippen molar-refractivity contribution in [3.05, 3.63) is 53.8 Å². The lowest BCUT2D eigenvalue weighted by Gasteiger charge is -2.26. The monoisotopic (exact) mass is 391 g/mol. The predicted octanol–water partition coefficient (Wildman–Crippen LogP) is 5.11. The normalized spacial score (nSPS) is 16.9. The Kier molecular flexibility index (Phi) is 4.43. The molecule has 0 saturated carbocycles. The van der Waals surface area contributed by atoms with Gasteiger partial charge in [0.05, 0.1) is 23.7 Å². The third-order valence-corrected chi connectivity index (χ3v) is 5.60. The average molecular weight is 391 g/mol. The molecule has 0 aliphatic carbocycles. The van der Waals surface area contributed by atoms with Crippen LogP contribution in [0, 0.1) is 12.7 Å². The standard InChI is InChI=1S/C23H22FN3O2/c1-14-5-3-7-18-21(14)26-23(27-10-4-6-17(27)13-28-2)22(25-18)20-12-15-11-16(24)8-9-19(15)29-20/h3,5,7-9,11-12,17H,4,6,10,13H2,1-2H3/t17-/m1/s1. The molecule has 0 radical (unpaired) electrons. The van der Waals surface area contributed by atoms with Gasteiger partial charge in [-0.3, -0.25) is 0 Å². The number of benzene rings is 2. The van der Waals surface area contributed by atoms with Crippen LogP contribution in [-0.4, -0.2) is 36.3 Å². The van der Waals surface area contributed by atoms with Crippen molar-refractivity contribution >= 4 is 27.8 Å². The summed E-state index contributed by atoms with van der Waals surface area (Å²) < 4.78 is 25.2. The molecule has 3 heterocycles. The first kappa shape index (κ1) is 18.1. The fourth-order valence-electron chi connectivity index (χ4n) is 4.19. The van der Waals surface area contributed by atoms with Crippen LogP contribution in [0.15, 0.2) is 46.9 Å². The van der Waals surface area contributed by atoms with Gasteiger partial charge in [0.15, 0.2) is 11.6 Å². The Hall–Kier alpha value is -2.99. The number of halogens is 1. The number of furan rings is 1. The lowest BCUT2D eigenvalue weighted by Crippen LogP contribution is -2.34. The lowest BCUT2D eigenvalue weighted by atomic mass is 10.1. The zero-order valence-corrected chi connectivity index (χ0v) is 16.5. The summed E-state index contributed by atoms with van der Waals surface area (Å²) in [5.41, 5.74) is 4.10. The third kappa shape index (κ3) is 3.13. The maximum Gasteiger partial charge on any atom is 0.159 e. The molecule has 5 nitrogen and oxygen atoms in total. The molecule has 1 aliphatic heterocycles. The Labute approximate surface area is 168 Å². The molecule has 2 aromatic heterocycles. The molecule has 0 amide bonds. The molecule has 0 unspecified atom stereocenters. The van der Waals surface area contributed by atoms with Crippen molar-refractivity contribution in [2.45, 2.75) is 25.8 Å². The minimum Gasteiger partial charge on any atom is -0.454 e. The van der Waals surface area contributed by atoms with Gasteiger partial charge in [-0.25, -0.2) is 14.4 Å². The summed E-state index contributed by atoms with van der Waals surface area (Å²) in [7, 11) is 1.72. The number of ether oxygens (including phenoxy) is 1. The molecule has 5 rings (SSSR count). The maximum absolute atomic E-state index is 13.7. The first-order valence-corrected chi connectivity index (χ1v) is 9.86. The summed E-state index contributed by atoms with van der Waals surface area (Å²) in [6.45, 7) is 3.57. The van der Waals surface area contributed by atoms with E-state index in [1.54, 1.807) is 13.2 Å². The first-order chi connectivity index (χ1) is 14.1. The van der Waals surface area contributed by atoms with E-state index < -0.39 is 0 Å². The third-order valence-electron chi connectivity index (χ3n) is 5.60. The number of aromatic nitrogens is 2. The highest BCUT2D eigenvalue weighted by Crippen LogP contribution is 2.37. The quantitative estimate of drug-likeness (QED) is 0.484. The molecular formula is C23H22FN3O2. The molecule has 1 fully saturated rings. The van der Waals surface area contributed by atoms with E-state index in [4.69, 9.17) is 19.1 Å². The number of fused-ring (bicyclic) bond motifs is 2. The molecule has 6 heteroatoms. The molecule has 1 saturated heterocycles. The van der Waals surface area contributed by atoms with E-state index in [1.165, 1.54) is 12.1 Å². The van der Waals surface area contributed by atoms with Crippen molar-refractivity contribution in [2.24, 2.45) is 0 Å². The fraction of sp³-hybridized carbons (Fsp3) is 0.304. The molecule has 4 aromatic rings. The Morgan fingerprint density at radius 1 is 1.21 bits per heavy atom. The van der Waals surface area contributed by atoms with Crippen LogP contribution in [0.1, 0.15) is 18.4 Å². The van der Waals surface area contributed by atoms with E-state index >= 15 is 0 Å². The van der Waals surface area contributed by atoms with Crippen molar-refractivity contribution in [3.63, 3.8) is 0 Å². The molecule has 0 spiro atoms. The maximum atomic E-state index is 13.7. The second-order valence-electron chi connectivity index (χ2n) is 7.58. The zero-order chi connectivity index (χ0) is 20.0. The van der Waals surface area contributed by atoms with E-state index in [2.05, 4.69) is 4.90 Å². The van der Waals surface area contributed by atoms with Gasteiger partial charge in [-0.15, -0.1) is 0 Å². The highest BCUT2D eigenvalue weighted by molar-refractivity contribution is 5.88. The number of rotatable bonds is 4. The van der Waals surface area contributed by atoms with Gasteiger partial charge in [-0.05, 0) is 55.7 Å². The van der Waals surface area contributed by atoms with Gasteiger partial charge in [0.2, 0.25) is 0 Å². The fourth-order valence-corrected chi connectivity index (χ4v) is 4.19. The average Bonchev–Trinajstić information content (AvgIpc) is 3.34. The Morgan fingerprint density at radius 3 is 2.97 bits per heavy atom. The van der Waals surface area contributed by atoms with Gasteiger partial charge in [0.1, 0.15) is 17.1 Å². The van der Waals surface area contributed by atoms with Gasteiger partial charge >= 0.3 is 0 Å².